The van der Waals surface area contributed by atoms with Crippen LogP contribution in [0.2, 0.25) is 5.02 Å². The quantitative estimate of drug-likeness (QED) is 0.330. The van der Waals surface area contributed by atoms with E-state index < -0.39 is 11.9 Å². The summed E-state index contributed by atoms with van der Waals surface area (Å²) in [6.45, 7) is 3.84. The highest BCUT2D eigenvalue weighted by atomic mass is 79.9. The van der Waals surface area contributed by atoms with E-state index in [4.69, 9.17) is 20.8 Å². The highest BCUT2D eigenvalue weighted by Gasteiger charge is 2.44. The van der Waals surface area contributed by atoms with Gasteiger partial charge in [-0.15, -0.1) is 0 Å². The molecule has 1 aliphatic heterocycles. The van der Waals surface area contributed by atoms with Crippen LogP contribution in [-0.4, -0.2) is 18.1 Å². The van der Waals surface area contributed by atoms with Crippen molar-refractivity contribution in [2.24, 2.45) is 0 Å². The van der Waals surface area contributed by atoms with E-state index in [1.165, 1.54) is 12.0 Å². The predicted octanol–water partition coefficient (Wildman–Crippen LogP) is 6.29. The van der Waals surface area contributed by atoms with Gasteiger partial charge in [0.15, 0.2) is 16.9 Å². The maximum absolute atomic E-state index is 13.8. The lowest BCUT2D eigenvalue weighted by molar-refractivity contribution is 0.0971. The van der Waals surface area contributed by atoms with E-state index >= 15 is 0 Å². The number of halogens is 2. The number of methoxy groups -OCH3 is 1. The highest BCUT2D eigenvalue weighted by molar-refractivity contribution is 9.10. The van der Waals surface area contributed by atoms with Crippen molar-refractivity contribution in [2.45, 2.75) is 19.9 Å². The van der Waals surface area contributed by atoms with Crippen LogP contribution in [0.15, 0.2) is 62.2 Å². The molecule has 0 radical (unpaired) electrons. The van der Waals surface area contributed by atoms with E-state index in [9.17, 15) is 14.7 Å². The fourth-order valence-electron chi connectivity index (χ4n) is 4.34. The molecule has 1 N–H and O–H groups in total. The molecule has 34 heavy (non-hydrogen) atoms. The Bertz CT molecular complexity index is 1560. The zero-order valence-electron chi connectivity index (χ0n) is 18.5. The molecule has 2 heterocycles. The van der Waals surface area contributed by atoms with Crippen molar-refractivity contribution in [3.05, 3.63) is 96.3 Å². The first-order chi connectivity index (χ1) is 16.2. The van der Waals surface area contributed by atoms with Crippen molar-refractivity contribution in [1.82, 2.24) is 0 Å². The maximum Gasteiger partial charge on any atom is 0.295 e. The first kappa shape index (κ1) is 22.5. The number of hydrogen-bond acceptors (Lipinski definition) is 5. The minimum absolute atomic E-state index is 0.0195. The maximum atomic E-state index is 13.8. The summed E-state index contributed by atoms with van der Waals surface area (Å²) in [7, 11) is 1.43. The van der Waals surface area contributed by atoms with Gasteiger partial charge in [0.2, 0.25) is 5.76 Å². The molecule has 1 unspecified atom stereocenters. The number of phenolic OH excluding ortho intramolecular Hbond substituents is 1. The molecule has 0 fully saturated rings. The third-order valence-corrected chi connectivity index (χ3v) is 7.00. The molecule has 0 spiro atoms. The molecule has 3 aromatic carbocycles. The van der Waals surface area contributed by atoms with Crippen LogP contribution in [0.5, 0.6) is 11.5 Å². The monoisotopic (exact) mass is 539 g/mol. The van der Waals surface area contributed by atoms with Gasteiger partial charge in [0.05, 0.1) is 28.6 Å². The van der Waals surface area contributed by atoms with Crippen LogP contribution in [0.4, 0.5) is 5.69 Å². The van der Waals surface area contributed by atoms with E-state index in [1.807, 2.05) is 13.8 Å². The van der Waals surface area contributed by atoms with Gasteiger partial charge < -0.3 is 14.3 Å². The first-order valence-corrected chi connectivity index (χ1v) is 11.6. The second kappa shape index (κ2) is 8.18. The van der Waals surface area contributed by atoms with Crippen LogP contribution < -0.4 is 15.1 Å². The topological polar surface area (TPSA) is 80.0 Å². The van der Waals surface area contributed by atoms with E-state index in [1.54, 1.807) is 48.5 Å². The Hall–Kier alpha value is -3.29. The molecule has 5 rings (SSSR count). The molecule has 1 aromatic heterocycles. The number of hydrogen-bond donors (Lipinski definition) is 1. The molecule has 0 saturated heterocycles. The normalized spacial score (nSPS) is 15.1. The number of aryl methyl sites for hydroxylation is 2. The molecule has 0 bridgehead atoms. The molecular weight excluding hydrogens is 522 g/mol. The van der Waals surface area contributed by atoms with Crippen LogP contribution in [-0.2, 0) is 0 Å². The van der Waals surface area contributed by atoms with Crippen molar-refractivity contribution in [2.75, 3.05) is 12.0 Å². The number of benzene rings is 3. The van der Waals surface area contributed by atoms with Crippen LogP contribution in [0.3, 0.4) is 0 Å². The summed E-state index contributed by atoms with van der Waals surface area (Å²) in [5.41, 5.74) is 3.26. The van der Waals surface area contributed by atoms with Crippen molar-refractivity contribution < 1.29 is 19.1 Å². The largest absolute Gasteiger partial charge is 0.503 e. The van der Waals surface area contributed by atoms with E-state index in [-0.39, 0.29) is 28.3 Å². The summed E-state index contributed by atoms with van der Waals surface area (Å²) in [6, 6.07) is 12.8. The molecule has 0 aliphatic carbocycles. The minimum atomic E-state index is -0.825. The third-order valence-electron chi connectivity index (χ3n) is 6.16. The summed E-state index contributed by atoms with van der Waals surface area (Å²) in [5, 5.41) is 11.2. The van der Waals surface area contributed by atoms with E-state index in [2.05, 4.69) is 15.9 Å². The lowest BCUT2D eigenvalue weighted by atomic mass is 9.97. The first-order valence-electron chi connectivity index (χ1n) is 10.4. The predicted molar refractivity (Wildman–Crippen MR) is 134 cm³/mol. The number of carbonyl (C=O) groups is 1. The zero-order chi connectivity index (χ0) is 24.3. The minimum Gasteiger partial charge on any atom is -0.503 e. The van der Waals surface area contributed by atoms with Gasteiger partial charge in [-0.3, -0.25) is 14.5 Å². The number of ether oxygens (including phenoxy) is 1. The highest BCUT2D eigenvalue weighted by Crippen LogP contribution is 2.45. The molecule has 4 aromatic rings. The Morgan fingerprint density at radius 3 is 2.53 bits per heavy atom. The molecule has 6 nitrogen and oxygen atoms in total. The van der Waals surface area contributed by atoms with Gasteiger partial charge in [0, 0.05) is 10.7 Å². The van der Waals surface area contributed by atoms with Crippen LogP contribution >= 0.6 is 27.5 Å². The van der Waals surface area contributed by atoms with Crippen molar-refractivity contribution >= 4 is 50.1 Å². The Balaban J connectivity index is 1.86. The Morgan fingerprint density at radius 2 is 1.82 bits per heavy atom. The number of rotatable bonds is 3. The standard InChI is InChI=1S/C26H19BrClNO5/c1-12-7-17-19(8-13(12)2)34-25-21(23(17)30)22(14-9-18(27)24(31)20(10-14)33-3)29(26(25)32)16-6-4-5-15(28)11-16/h4-11,22,31H,1-3H3. The lowest BCUT2D eigenvalue weighted by Gasteiger charge is -2.26. The van der Waals surface area contributed by atoms with E-state index in [0.29, 0.717) is 31.7 Å². The lowest BCUT2D eigenvalue weighted by Crippen LogP contribution is -2.29. The summed E-state index contributed by atoms with van der Waals surface area (Å²) in [4.78, 5) is 29.0. The van der Waals surface area contributed by atoms with Gasteiger partial charge in [-0.25, -0.2) is 0 Å². The fourth-order valence-corrected chi connectivity index (χ4v) is 4.99. The smallest absolute Gasteiger partial charge is 0.295 e. The van der Waals surface area contributed by atoms with Crippen LogP contribution in [0.1, 0.15) is 38.9 Å². The SMILES string of the molecule is COc1cc(C2c3c(oc4cc(C)c(C)cc4c3=O)C(=O)N2c2cccc(Cl)c2)cc(Br)c1O. The van der Waals surface area contributed by atoms with Crippen molar-refractivity contribution in [3.8, 4) is 11.5 Å². The number of phenols is 1. The van der Waals surface area contributed by atoms with Gasteiger partial charge in [-0.05, 0) is 88.9 Å². The second-order valence-corrected chi connectivity index (χ2v) is 9.51. The Labute approximate surface area is 208 Å². The van der Waals surface area contributed by atoms with Crippen molar-refractivity contribution in [3.63, 3.8) is 0 Å². The van der Waals surface area contributed by atoms with Gasteiger partial charge in [0.25, 0.3) is 5.91 Å². The molecule has 172 valence electrons. The number of amides is 1. The summed E-state index contributed by atoms with van der Waals surface area (Å²) >= 11 is 9.58. The summed E-state index contributed by atoms with van der Waals surface area (Å²) in [5.74, 6) is -0.355. The molecule has 1 amide bonds. The number of nitrogens with zero attached hydrogens (tertiary/aromatic N) is 1. The number of anilines is 1. The summed E-state index contributed by atoms with van der Waals surface area (Å²) in [6.07, 6.45) is 0. The molecule has 1 aliphatic rings. The second-order valence-electron chi connectivity index (χ2n) is 8.22. The summed E-state index contributed by atoms with van der Waals surface area (Å²) < 4.78 is 11.8. The number of fused-ring (bicyclic) bond motifs is 2. The average Bonchev–Trinajstić information content (AvgIpc) is 3.09. The molecular formula is C26H19BrClNO5. The Kier molecular flexibility index (Phi) is 5.41. The van der Waals surface area contributed by atoms with Crippen LogP contribution in [0, 0.1) is 13.8 Å². The number of carbonyl (C=O) groups excluding carboxylic acids is 1. The van der Waals surface area contributed by atoms with E-state index in [0.717, 1.165) is 11.1 Å². The molecule has 8 heteroatoms. The number of aromatic hydroxyl groups is 1. The Morgan fingerprint density at radius 1 is 1.09 bits per heavy atom. The van der Waals surface area contributed by atoms with Crippen LogP contribution in [0.25, 0.3) is 11.0 Å². The fraction of sp³-hybridized carbons (Fsp3) is 0.154. The van der Waals surface area contributed by atoms with Gasteiger partial charge in [-0.2, -0.15) is 0 Å². The zero-order valence-corrected chi connectivity index (χ0v) is 20.8. The van der Waals surface area contributed by atoms with Gasteiger partial charge >= 0.3 is 0 Å². The molecule has 0 saturated carbocycles. The average molecular weight is 541 g/mol. The molecule has 1 atom stereocenters. The third kappa shape index (κ3) is 3.38. The van der Waals surface area contributed by atoms with Gasteiger partial charge in [0.1, 0.15) is 5.58 Å². The van der Waals surface area contributed by atoms with Gasteiger partial charge in [-0.1, -0.05) is 17.7 Å². The van der Waals surface area contributed by atoms with Crippen molar-refractivity contribution in [1.29, 1.82) is 0 Å².